The van der Waals surface area contributed by atoms with Crippen molar-refractivity contribution >= 4 is 31.6 Å². The number of hydrogen-bond donors (Lipinski definition) is 1. The van der Waals surface area contributed by atoms with Gasteiger partial charge in [-0.3, -0.25) is 0 Å². The van der Waals surface area contributed by atoms with Crippen LogP contribution < -0.4 is 5.73 Å². The molecule has 0 fully saturated rings. The van der Waals surface area contributed by atoms with E-state index in [-0.39, 0.29) is 21.1 Å². The summed E-state index contributed by atoms with van der Waals surface area (Å²) in [4.78, 5) is -0.0954. The molecule has 0 saturated carbocycles. The van der Waals surface area contributed by atoms with Gasteiger partial charge >= 0.3 is 0 Å². The third-order valence-electron chi connectivity index (χ3n) is 2.44. The van der Waals surface area contributed by atoms with Crippen molar-refractivity contribution in [2.24, 2.45) is 0 Å². The third kappa shape index (κ3) is 2.78. The van der Waals surface area contributed by atoms with Gasteiger partial charge in [0.05, 0.1) is 10.2 Å². The lowest BCUT2D eigenvalue weighted by molar-refractivity contribution is 0.411. The van der Waals surface area contributed by atoms with E-state index in [1.807, 2.05) is 0 Å². The van der Waals surface area contributed by atoms with Crippen LogP contribution in [0.3, 0.4) is 0 Å². The molecule has 1 aromatic rings. The number of halogens is 2. The van der Waals surface area contributed by atoms with Gasteiger partial charge in [0, 0.05) is 13.1 Å². The van der Waals surface area contributed by atoms with Gasteiger partial charge in [-0.2, -0.15) is 4.31 Å². The second-order valence-corrected chi connectivity index (χ2v) is 6.74. The lowest BCUT2D eigenvalue weighted by Gasteiger charge is -2.22. The Morgan fingerprint density at radius 1 is 1.41 bits per heavy atom. The Hall–Kier alpha value is -0.660. The van der Waals surface area contributed by atoms with Crippen LogP contribution >= 0.6 is 15.9 Å². The first-order valence-corrected chi connectivity index (χ1v) is 7.13. The predicted octanol–water partition coefficient (Wildman–Crippen LogP) is 2.20. The zero-order chi connectivity index (χ0) is 13.4. The van der Waals surface area contributed by atoms with Crippen LogP contribution in [0.25, 0.3) is 0 Å². The van der Waals surface area contributed by atoms with E-state index < -0.39 is 15.8 Å². The summed E-state index contributed by atoms with van der Waals surface area (Å²) in [5.74, 6) is -0.589. The molecule has 2 N–H and O–H groups in total. The summed E-state index contributed by atoms with van der Waals surface area (Å²) < 4.78 is 38.7. The van der Waals surface area contributed by atoms with Crippen LogP contribution in [0.2, 0.25) is 0 Å². The number of anilines is 1. The topological polar surface area (TPSA) is 63.4 Å². The van der Waals surface area contributed by atoms with E-state index >= 15 is 0 Å². The molecule has 17 heavy (non-hydrogen) atoms. The second kappa shape index (κ2) is 4.91. The highest BCUT2D eigenvalue weighted by molar-refractivity contribution is 9.10. The van der Waals surface area contributed by atoms with Crippen molar-refractivity contribution in [3.05, 3.63) is 22.4 Å². The fourth-order valence-corrected chi connectivity index (χ4v) is 3.18. The fraction of sp³-hybridized carbons (Fsp3) is 0.400. The molecular weight excluding hydrogens is 311 g/mol. The van der Waals surface area contributed by atoms with Crippen molar-refractivity contribution < 1.29 is 12.8 Å². The predicted molar refractivity (Wildman–Crippen MR) is 68.6 cm³/mol. The van der Waals surface area contributed by atoms with E-state index in [9.17, 15) is 12.8 Å². The Labute approximate surface area is 109 Å². The maximum absolute atomic E-state index is 13.2. The monoisotopic (exact) mass is 324 g/mol. The van der Waals surface area contributed by atoms with Gasteiger partial charge in [0.2, 0.25) is 10.0 Å². The average molecular weight is 325 g/mol. The molecule has 7 heteroatoms. The molecule has 0 radical (unpaired) electrons. The smallest absolute Gasteiger partial charge is 0.245 e. The van der Waals surface area contributed by atoms with Gasteiger partial charge in [0.1, 0.15) is 10.7 Å². The van der Waals surface area contributed by atoms with Crippen LogP contribution in [0.4, 0.5) is 10.1 Å². The van der Waals surface area contributed by atoms with Crippen molar-refractivity contribution in [1.82, 2.24) is 4.31 Å². The van der Waals surface area contributed by atoms with Crippen LogP contribution in [0.15, 0.2) is 21.5 Å². The van der Waals surface area contributed by atoms with Crippen molar-refractivity contribution in [3.8, 4) is 0 Å². The zero-order valence-electron chi connectivity index (χ0n) is 9.74. The molecule has 0 unspecified atom stereocenters. The molecule has 4 nitrogen and oxygen atoms in total. The standard InChI is InChI=1S/C10H14BrFN2O2S/c1-6(2)14(3)17(15,16)10-4-7(11)8(12)5-9(10)13/h4-6H,13H2,1-3H3. The van der Waals surface area contributed by atoms with Crippen LogP contribution in [-0.4, -0.2) is 25.8 Å². The highest BCUT2D eigenvalue weighted by Gasteiger charge is 2.26. The third-order valence-corrected chi connectivity index (χ3v) is 5.13. The Bertz CT molecular complexity index is 531. The molecule has 0 aliphatic rings. The van der Waals surface area contributed by atoms with Gasteiger partial charge in [-0.1, -0.05) is 0 Å². The molecule has 0 saturated heterocycles. The molecule has 0 heterocycles. The Balaban J connectivity index is 3.39. The Morgan fingerprint density at radius 2 is 1.94 bits per heavy atom. The number of nitrogens with two attached hydrogens (primary N) is 1. The SMILES string of the molecule is CC(C)N(C)S(=O)(=O)c1cc(Br)c(F)cc1N. The summed E-state index contributed by atoms with van der Waals surface area (Å²) in [6.45, 7) is 3.48. The van der Waals surface area contributed by atoms with Crippen LogP contribution in [-0.2, 0) is 10.0 Å². The molecule has 1 rings (SSSR count). The van der Waals surface area contributed by atoms with Crippen molar-refractivity contribution in [3.63, 3.8) is 0 Å². The highest BCUT2D eigenvalue weighted by atomic mass is 79.9. The minimum absolute atomic E-state index is 0.0717. The number of nitrogen functional groups attached to an aromatic ring is 1. The molecule has 1 aromatic carbocycles. The molecule has 0 spiro atoms. The summed E-state index contributed by atoms with van der Waals surface area (Å²) in [6.07, 6.45) is 0. The number of sulfonamides is 1. The van der Waals surface area contributed by atoms with E-state index in [0.717, 1.165) is 6.07 Å². The highest BCUT2D eigenvalue weighted by Crippen LogP contribution is 2.28. The molecule has 0 aliphatic heterocycles. The Kier molecular flexibility index (Phi) is 4.16. The minimum Gasteiger partial charge on any atom is -0.398 e. The largest absolute Gasteiger partial charge is 0.398 e. The van der Waals surface area contributed by atoms with Gasteiger partial charge in [-0.25, -0.2) is 12.8 Å². The number of nitrogens with zero attached hydrogens (tertiary/aromatic N) is 1. The first-order chi connectivity index (χ1) is 7.67. The van der Waals surface area contributed by atoms with Gasteiger partial charge in [0.25, 0.3) is 0 Å². The van der Waals surface area contributed by atoms with E-state index in [1.54, 1.807) is 13.8 Å². The first kappa shape index (κ1) is 14.4. The van der Waals surface area contributed by atoms with Gasteiger partial charge in [-0.05, 0) is 41.9 Å². The lowest BCUT2D eigenvalue weighted by atomic mass is 10.3. The van der Waals surface area contributed by atoms with Crippen molar-refractivity contribution in [2.45, 2.75) is 24.8 Å². The van der Waals surface area contributed by atoms with Crippen LogP contribution in [0.1, 0.15) is 13.8 Å². The molecule has 0 amide bonds. The normalized spacial score (nSPS) is 12.4. The van der Waals surface area contributed by atoms with Crippen molar-refractivity contribution in [1.29, 1.82) is 0 Å². The van der Waals surface area contributed by atoms with Crippen LogP contribution in [0.5, 0.6) is 0 Å². The summed E-state index contributed by atoms with van der Waals surface area (Å²) >= 11 is 2.95. The molecule has 96 valence electrons. The number of rotatable bonds is 3. The van der Waals surface area contributed by atoms with Gasteiger partial charge in [-0.15, -0.1) is 0 Å². The quantitative estimate of drug-likeness (QED) is 0.867. The molecule has 0 atom stereocenters. The molecular formula is C10H14BrFN2O2S. The second-order valence-electron chi connectivity index (χ2n) is 3.92. The van der Waals surface area contributed by atoms with Gasteiger partial charge in [0.15, 0.2) is 0 Å². The summed E-state index contributed by atoms with van der Waals surface area (Å²) in [5, 5.41) is 0. The van der Waals surface area contributed by atoms with E-state index in [1.165, 1.54) is 17.4 Å². The van der Waals surface area contributed by atoms with Crippen LogP contribution in [0, 0.1) is 5.82 Å². The first-order valence-electron chi connectivity index (χ1n) is 4.90. The molecule has 0 aliphatic carbocycles. The summed E-state index contributed by atoms with van der Waals surface area (Å²) in [7, 11) is -2.24. The lowest BCUT2D eigenvalue weighted by Crippen LogP contribution is -2.33. The van der Waals surface area contributed by atoms with E-state index in [0.29, 0.717) is 0 Å². The maximum atomic E-state index is 13.2. The minimum atomic E-state index is -3.70. The van der Waals surface area contributed by atoms with E-state index in [4.69, 9.17) is 5.73 Å². The average Bonchev–Trinajstić information content (AvgIpc) is 2.21. The molecule has 0 aromatic heterocycles. The van der Waals surface area contributed by atoms with Gasteiger partial charge < -0.3 is 5.73 Å². The number of hydrogen-bond acceptors (Lipinski definition) is 3. The molecule has 0 bridgehead atoms. The fourth-order valence-electron chi connectivity index (χ4n) is 1.20. The summed E-state index contributed by atoms with van der Waals surface area (Å²) in [6, 6.07) is 1.97. The van der Waals surface area contributed by atoms with E-state index in [2.05, 4.69) is 15.9 Å². The maximum Gasteiger partial charge on any atom is 0.245 e. The Morgan fingerprint density at radius 3 is 2.41 bits per heavy atom. The summed E-state index contributed by atoms with van der Waals surface area (Å²) in [5.41, 5.74) is 5.45. The number of benzene rings is 1. The van der Waals surface area contributed by atoms with Crippen molar-refractivity contribution in [2.75, 3.05) is 12.8 Å². The zero-order valence-corrected chi connectivity index (χ0v) is 12.1.